The second-order valence-corrected chi connectivity index (χ2v) is 5.15. The van der Waals surface area contributed by atoms with Gasteiger partial charge in [-0.25, -0.2) is 4.39 Å². The monoisotopic (exact) mass is 302 g/mol. The van der Waals surface area contributed by atoms with E-state index in [0.717, 1.165) is 17.5 Å². The summed E-state index contributed by atoms with van der Waals surface area (Å²) in [6.07, 6.45) is 1.12. The highest BCUT2D eigenvalue weighted by Crippen LogP contribution is 2.28. The van der Waals surface area contributed by atoms with Crippen molar-refractivity contribution >= 4 is 5.97 Å². The van der Waals surface area contributed by atoms with Crippen molar-refractivity contribution in [2.75, 3.05) is 7.11 Å². The van der Waals surface area contributed by atoms with Crippen molar-refractivity contribution < 1.29 is 19.0 Å². The number of carbonyl (C=O) groups is 1. The third-order valence-electron chi connectivity index (χ3n) is 3.73. The molecule has 0 fully saturated rings. The highest BCUT2D eigenvalue weighted by Gasteiger charge is 2.22. The Balaban J connectivity index is 2.38. The SMILES string of the molecule is CCc1ccc(OC)c(CC(C(=O)O)c2cccc(F)c2)c1. The topological polar surface area (TPSA) is 46.5 Å². The molecule has 1 atom stereocenters. The van der Waals surface area contributed by atoms with Crippen molar-refractivity contribution in [3.05, 3.63) is 65.0 Å². The van der Waals surface area contributed by atoms with E-state index in [1.54, 1.807) is 13.2 Å². The van der Waals surface area contributed by atoms with E-state index in [1.165, 1.54) is 18.2 Å². The predicted molar refractivity (Wildman–Crippen MR) is 82.9 cm³/mol. The van der Waals surface area contributed by atoms with Gasteiger partial charge in [-0.3, -0.25) is 4.79 Å². The van der Waals surface area contributed by atoms with Crippen LogP contribution in [0.4, 0.5) is 4.39 Å². The van der Waals surface area contributed by atoms with Gasteiger partial charge in [-0.1, -0.05) is 31.2 Å². The van der Waals surface area contributed by atoms with Gasteiger partial charge < -0.3 is 9.84 Å². The van der Waals surface area contributed by atoms with E-state index in [9.17, 15) is 14.3 Å². The van der Waals surface area contributed by atoms with Crippen LogP contribution in [0.25, 0.3) is 0 Å². The number of rotatable bonds is 6. The largest absolute Gasteiger partial charge is 0.496 e. The Bertz CT molecular complexity index is 667. The Hall–Kier alpha value is -2.36. The Morgan fingerprint density at radius 3 is 2.64 bits per heavy atom. The van der Waals surface area contributed by atoms with Gasteiger partial charge in [0.15, 0.2) is 0 Å². The second-order valence-electron chi connectivity index (χ2n) is 5.15. The lowest BCUT2D eigenvalue weighted by molar-refractivity contribution is -0.138. The highest BCUT2D eigenvalue weighted by molar-refractivity contribution is 5.76. The van der Waals surface area contributed by atoms with Crippen molar-refractivity contribution in [3.63, 3.8) is 0 Å². The Labute approximate surface area is 129 Å². The molecular weight excluding hydrogens is 283 g/mol. The van der Waals surface area contributed by atoms with Gasteiger partial charge in [0.25, 0.3) is 0 Å². The Morgan fingerprint density at radius 1 is 1.27 bits per heavy atom. The van der Waals surface area contributed by atoms with Crippen molar-refractivity contribution in [3.8, 4) is 5.75 Å². The number of hydrogen-bond acceptors (Lipinski definition) is 2. The van der Waals surface area contributed by atoms with Crippen molar-refractivity contribution in [2.45, 2.75) is 25.7 Å². The number of carboxylic acid groups (broad SMARTS) is 1. The predicted octanol–water partition coefficient (Wildman–Crippen LogP) is 3.81. The number of hydrogen-bond donors (Lipinski definition) is 1. The molecule has 2 rings (SSSR count). The average Bonchev–Trinajstić information content (AvgIpc) is 2.52. The van der Waals surface area contributed by atoms with Crippen LogP contribution in [0.5, 0.6) is 5.75 Å². The van der Waals surface area contributed by atoms with Gasteiger partial charge in [-0.05, 0) is 47.7 Å². The lowest BCUT2D eigenvalue weighted by Crippen LogP contribution is -2.15. The van der Waals surface area contributed by atoms with Crippen LogP contribution in [-0.4, -0.2) is 18.2 Å². The maximum Gasteiger partial charge on any atom is 0.311 e. The van der Waals surface area contributed by atoms with Crippen LogP contribution in [0, 0.1) is 5.82 Å². The van der Waals surface area contributed by atoms with Gasteiger partial charge in [0.05, 0.1) is 13.0 Å². The minimum atomic E-state index is -0.977. The second kappa shape index (κ2) is 7.07. The first kappa shape index (κ1) is 16.0. The number of halogens is 1. The van der Waals surface area contributed by atoms with Crippen LogP contribution in [0.1, 0.15) is 29.5 Å². The van der Waals surface area contributed by atoms with Crippen LogP contribution in [0.15, 0.2) is 42.5 Å². The molecule has 3 nitrogen and oxygen atoms in total. The summed E-state index contributed by atoms with van der Waals surface area (Å²) >= 11 is 0. The van der Waals surface area contributed by atoms with Crippen LogP contribution < -0.4 is 4.74 Å². The molecule has 0 saturated heterocycles. The number of carboxylic acids is 1. The molecule has 0 aliphatic carbocycles. The van der Waals surface area contributed by atoms with E-state index in [1.807, 2.05) is 25.1 Å². The van der Waals surface area contributed by atoms with Gasteiger partial charge in [0, 0.05) is 0 Å². The van der Waals surface area contributed by atoms with Crippen LogP contribution in [0.2, 0.25) is 0 Å². The zero-order chi connectivity index (χ0) is 16.1. The molecule has 0 bridgehead atoms. The van der Waals surface area contributed by atoms with E-state index in [4.69, 9.17) is 4.74 Å². The van der Waals surface area contributed by atoms with Crippen molar-refractivity contribution in [1.82, 2.24) is 0 Å². The molecular formula is C18H19FO3. The number of benzene rings is 2. The molecule has 0 radical (unpaired) electrons. The van der Waals surface area contributed by atoms with Crippen molar-refractivity contribution in [2.24, 2.45) is 0 Å². The number of ether oxygens (including phenoxy) is 1. The molecule has 0 saturated carbocycles. The molecule has 22 heavy (non-hydrogen) atoms. The number of aliphatic carboxylic acids is 1. The summed E-state index contributed by atoms with van der Waals surface area (Å²) in [5.41, 5.74) is 2.38. The van der Waals surface area contributed by atoms with E-state index in [-0.39, 0.29) is 6.42 Å². The zero-order valence-corrected chi connectivity index (χ0v) is 12.7. The van der Waals surface area contributed by atoms with Gasteiger partial charge in [-0.15, -0.1) is 0 Å². The summed E-state index contributed by atoms with van der Waals surface area (Å²) in [7, 11) is 1.56. The quantitative estimate of drug-likeness (QED) is 0.882. The van der Waals surface area contributed by atoms with E-state index < -0.39 is 17.7 Å². The van der Waals surface area contributed by atoms with Crippen LogP contribution in [-0.2, 0) is 17.6 Å². The van der Waals surface area contributed by atoms with Crippen LogP contribution >= 0.6 is 0 Å². The van der Waals surface area contributed by atoms with Gasteiger partial charge in [0.2, 0.25) is 0 Å². The van der Waals surface area contributed by atoms with Crippen LogP contribution in [0.3, 0.4) is 0 Å². The van der Waals surface area contributed by atoms with E-state index in [2.05, 4.69) is 0 Å². The lowest BCUT2D eigenvalue weighted by atomic mass is 9.90. The van der Waals surface area contributed by atoms with Gasteiger partial charge >= 0.3 is 5.97 Å². The fourth-order valence-corrected chi connectivity index (χ4v) is 2.50. The van der Waals surface area contributed by atoms with E-state index in [0.29, 0.717) is 11.3 Å². The summed E-state index contributed by atoms with van der Waals surface area (Å²) in [5.74, 6) is -1.57. The molecule has 1 unspecified atom stereocenters. The Kier molecular flexibility index (Phi) is 5.15. The standard InChI is InChI=1S/C18H19FO3/c1-3-12-7-8-17(22-2)14(9-12)11-16(18(20)21)13-5-4-6-15(19)10-13/h4-10,16H,3,11H2,1-2H3,(H,20,21). The maximum absolute atomic E-state index is 13.4. The molecule has 0 aliphatic heterocycles. The average molecular weight is 302 g/mol. The molecule has 2 aromatic rings. The summed E-state index contributed by atoms with van der Waals surface area (Å²) in [6.45, 7) is 2.03. The first-order valence-electron chi connectivity index (χ1n) is 7.19. The molecule has 1 N–H and O–H groups in total. The first-order valence-corrected chi connectivity index (χ1v) is 7.19. The number of aryl methyl sites for hydroxylation is 1. The van der Waals surface area contributed by atoms with E-state index >= 15 is 0 Å². The normalized spacial score (nSPS) is 12.0. The molecule has 116 valence electrons. The molecule has 2 aromatic carbocycles. The van der Waals surface area contributed by atoms with Crippen molar-refractivity contribution in [1.29, 1.82) is 0 Å². The molecule has 0 spiro atoms. The summed E-state index contributed by atoms with van der Waals surface area (Å²) in [4.78, 5) is 11.6. The fraction of sp³-hybridized carbons (Fsp3) is 0.278. The lowest BCUT2D eigenvalue weighted by Gasteiger charge is -2.16. The van der Waals surface area contributed by atoms with Gasteiger partial charge in [-0.2, -0.15) is 0 Å². The zero-order valence-electron chi connectivity index (χ0n) is 12.7. The summed E-state index contributed by atoms with van der Waals surface area (Å²) in [6, 6.07) is 11.5. The molecule has 0 amide bonds. The summed E-state index contributed by atoms with van der Waals surface area (Å²) in [5, 5.41) is 9.51. The smallest absolute Gasteiger partial charge is 0.311 e. The minimum absolute atomic E-state index is 0.260. The number of methoxy groups -OCH3 is 1. The molecule has 0 aliphatic rings. The summed E-state index contributed by atoms with van der Waals surface area (Å²) < 4.78 is 18.7. The van der Waals surface area contributed by atoms with Gasteiger partial charge in [0.1, 0.15) is 11.6 Å². The molecule has 4 heteroatoms. The first-order chi connectivity index (χ1) is 10.5. The molecule has 0 aromatic heterocycles. The maximum atomic E-state index is 13.4. The molecule has 0 heterocycles. The third-order valence-corrected chi connectivity index (χ3v) is 3.73. The highest BCUT2D eigenvalue weighted by atomic mass is 19.1. The fourth-order valence-electron chi connectivity index (χ4n) is 2.50. The third kappa shape index (κ3) is 3.64. The Morgan fingerprint density at radius 2 is 2.05 bits per heavy atom. The minimum Gasteiger partial charge on any atom is -0.496 e.